The highest BCUT2D eigenvalue weighted by molar-refractivity contribution is 6.30. The first-order valence-electron chi connectivity index (χ1n) is 6.41. The van der Waals surface area contributed by atoms with Gasteiger partial charge in [-0.15, -0.1) is 10.2 Å². The Bertz CT molecular complexity index is 665. The summed E-state index contributed by atoms with van der Waals surface area (Å²) in [5.74, 6) is 0.715. The molecule has 7 nitrogen and oxygen atoms in total. The van der Waals surface area contributed by atoms with Crippen molar-refractivity contribution in [3.8, 4) is 11.3 Å². The lowest BCUT2D eigenvalue weighted by molar-refractivity contribution is -0.121. The maximum Gasteiger partial charge on any atom is 0.240 e. The summed E-state index contributed by atoms with van der Waals surface area (Å²) >= 11 is 5.90. The third-order valence-corrected chi connectivity index (χ3v) is 3.43. The molecule has 0 unspecified atom stereocenters. The van der Waals surface area contributed by atoms with Crippen molar-refractivity contribution in [2.75, 3.05) is 23.8 Å². The van der Waals surface area contributed by atoms with Gasteiger partial charge < -0.3 is 16.0 Å². The molecule has 1 aromatic carbocycles. The van der Waals surface area contributed by atoms with E-state index >= 15 is 0 Å². The topological polar surface area (TPSA) is 97.0 Å². The normalized spacial score (nSPS) is 14.9. The van der Waals surface area contributed by atoms with Gasteiger partial charge in [-0.05, 0) is 12.1 Å². The summed E-state index contributed by atoms with van der Waals surface area (Å²) in [6.07, 6.45) is 0.409. The summed E-state index contributed by atoms with van der Waals surface area (Å²) in [6.45, 7) is 0.937. The molecule has 8 heteroatoms. The highest BCUT2D eigenvalue weighted by Crippen LogP contribution is 2.28. The second-order valence-corrected chi connectivity index (χ2v) is 5.06. The van der Waals surface area contributed by atoms with Gasteiger partial charge in [-0.25, -0.2) is 4.98 Å². The molecule has 3 N–H and O–H groups in total. The highest BCUT2D eigenvalue weighted by atomic mass is 35.5. The average Bonchev–Trinajstić information content (AvgIpc) is 2.49. The number of hydrogen-bond acceptors (Lipinski definition) is 6. The third kappa shape index (κ3) is 2.87. The monoisotopic (exact) mass is 304 g/mol. The molecule has 1 fully saturated rings. The van der Waals surface area contributed by atoms with Crippen LogP contribution in [0.1, 0.15) is 6.42 Å². The zero-order valence-electron chi connectivity index (χ0n) is 11.1. The van der Waals surface area contributed by atoms with Crippen molar-refractivity contribution in [3.05, 3.63) is 29.3 Å². The van der Waals surface area contributed by atoms with E-state index in [-0.39, 0.29) is 11.9 Å². The second kappa shape index (κ2) is 5.53. The highest BCUT2D eigenvalue weighted by Gasteiger charge is 2.21. The van der Waals surface area contributed by atoms with Gasteiger partial charge in [0.25, 0.3) is 0 Å². The third-order valence-electron chi connectivity index (χ3n) is 3.18. The molecule has 1 saturated heterocycles. The molecule has 0 saturated carbocycles. The molecular formula is C13H13ClN6O. The Morgan fingerprint density at radius 3 is 2.67 bits per heavy atom. The molecule has 21 heavy (non-hydrogen) atoms. The van der Waals surface area contributed by atoms with Crippen LogP contribution in [0.3, 0.4) is 0 Å². The maximum atomic E-state index is 11.3. The van der Waals surface area contributed by atoms with E-state index in [2.05, 4.69) is 20.5 Å². The minimum Gasteiger partial charge on any atom is -0.366 e. The number of nitrogens with two attached hydrogens (primary N) is 1. The Morgan fingerprint density at radius 2 is 2.00 bits per heavy atom. The number of rotatable bonds is 2. The van der Waals surface area contributed by atoms with E-state index in [9.17, 15) is 4.79 Å². The average molecular weight is 305 g/mol. The first-order chi connectivity index (χ1) is 10.1. The van der Waals surface area contributed by atoms with Crippen LogP contribution >= 0.6 is 11.6 Å². The van der Waals surface area contributed by atoms with Gasteiger partial charge in [-0.3, -0.25) is 4.79 Å². The maximum absolute atomic E-state index is 11.3. The predicted octanol–water partition coefficient (Wildman–Crippen LogP) is 1.06. The van der Waals surface area contributed by atoms with Gasteiger partial charge in [-0.2, -0.15) is 0 Å². The molecule has 1 aliphatic rings. The molecule has 2 heterocycles. The van der Waals surface area contributed by atoms with Crippen molar-refractivity contribution in [1.29, 1.82) is 0 Å². The predicted molar refractivity (Wildman–Crippen MR) is 79.7 cm³/mol. The summed E-state index contributed by atoms with van der Waals surface area (Å²) in [6, 6.07) is 7.24. The summed E-state index contributed by atoms with van der Waals surface area (Å²) in [5.41, 5.74) is 7.11. The number of amides is 1. The van der Waals surface area contributed by atoms with Crippen LogP contribution in [-0.2, 0) is 4.79 Å². The van der Waals surface area contributed by atoms with E-state index in [1.165, 1.54) is 0 Å². The van der Waals surface area contributed by atoms with Crippen LogP contribution in [-0.4, -0.2) is 34.3 Å². The molecule has 2 aromatic rings. The molecule has 1 aliphatic heterocycles. The molecule has 0 atom stereocenters. The van der Waals surface area contributed by atoms with Crippen LogP contribution in [0.15, 0.2) is 24.3 Å². The van der Waals surface area contributed by atoms with Crippen LogP contribution in [0.25, 0.3) is 11.3 Å². The number of nitrogens with zero attached hydrogens (tertiary/aromatic N) is 4. The lowest BCUT2D eigenvalue weighted by atomic mass is 10.1. The molecule has 108 valence electrons. The molecule has 0 bridgehead atoms. The zero-order valence-corrected chi connectivity index (χ0v) is 11.8. The first kappa shape index (κ1) is 13.6. The Morgan fingerprint density at radius 1 is 1.24 bits per heavy atom. The smallest absolute Gasteiger partial charge is 0.240 e. The molecular weight excluding hydrogens is 292 g/mol. The van der Waals surface area contributed by atoms with Gasteiger partial charge in [0.2, 0.25) is 11.9 Å². The molecule has 0 radical (unpaired) electrons. The van der Waals surface area contributed by atoms with Crippen LogP contribution < -0.4 is 16.0 Å². The molecule has 1 amide bonds. The number of halogens is 1. The molecule has 0 spiro atoms. The lowest BCUT2D eigenvalue weighted by Crippen LogP contribution is -2.45. The van der Waals surface area contributed by atoms with Crippen LogP contribution in [0.5, 0.6) is 0 Å². The SMILES string of the molecule is Nc1nnc(N2CCC(=O)NC2)c(-c2ccc(Cl)cc2)n1. The number of nitrogen functional groups attached to an aromatic ring is 1. The van der Waals surface area contributed by atoms with Crippen molar-refractivity contribution < 1.29 is 4.79 Å². The van der Waals surface area contributed by atoms with Gasteiger partial charge in [0.05, 0.1) is 6.67 Å². The number of carbonyl (C=O) groups excluding carboxylic acids is 1. The Balaban J connectivity index is 2.00. The molecule has 1 aromatic heterocycles. The van der Waals surface area contributed by atoms with E-state index in [0.29, 0.717) is 36.2 Å². The van der Waals surface area contributed by atoms with Gasteiger partial charge in [0.15, 0.2) is 5.82 Å². The van der Waals surface area contributed by atoms with E-state index in [4.69, 9.17) is 17.3 Å². The molecule has 3 rings (SSSR count). The number of anilines is 2. The lowest BCUT2D eigenvalue weighted by Gasteiger charge is -2.28. The summed E-state index contributed by atoms with van der Waals surface area (Å²) in [4.78, 5) is 17.4. The van der Waals surface area contributed by atoms with Gasteiger partial charge in [-0.1, -0.05) is 23.7 Å². The standard InChI is InChI=1S/C13H13ClN6O/c14-9-3-1-8(2-4-9)11-12(18-19-13(15)17-11)20-6-5-10(21)16-7-20/h1-4H,5-7H2,(H,16,21)(H2,15,17,19). The summed E-state index contributed by atoms with van der Waals surface area (Å²) in [7, 11) is 0. The van der Waals surface area contributed by atoms with Crippen LogP contribution in [0, 0.1) is 0 Å². The van der Waals surface area contributed by atoms with E-state index in [0.717, 1.165) is 5.56 Å². The van der Waals surface area contributed by atoms with Crippen LogP contribution in [0.2, 0.25) is 5.02 Å². The fraction of sp³-hybridized carbons (Fsp3) is 0.231. The van der Waals surface area contributed by atoms with Crippen molar-refractivity contribution in [2.45, 2.75) is 6.42 Å². The second-order valence-electron chi connectivity index (χ2n) is 4.62. The number of carbonyl (C=O) groups is 1. The van der Waals surface area contributed by atoms with Gasteiger partial charge >= 0.3 is 0 Å². The number of benzene rings is 1. The fourth-order valence-electron chi connectivity index (χ4n) is 2.12. The minimum absolute atomic E-state index is 0.0238. The van der Waals surface area contributed by atoms with Gasteiger partial charge in [0, 0.05) is 23.6 Å². The summed E-state index contributed by atoms with van der Waals surface area (Å²) in [5, 5.41) is 11.4. The van der Waals surface area contributed by atoms with Crippen molar-refractivity contribution in [2.24, 2.45) is 0 Å². The Labute approximate surface area is 126 Å². The Hall–Kier alpha value is -2.41. The zero-order chi connectivity index (χ0) is 14.8. The van der Waals surface area contributed by atoms with E-state index < -0.39 is 0 Å². The van der Waals surface area contributed by atoms with Crippen molar-refractivity contribution >= 4 is 29.3 Å². The van der Waals surface area contributed by atoms with Crippen molar-refractivity contribution in [3.63, 3.8) is 0 Å². The minimum atomic E-state index is 0.0238. The number of hydrogen-bond donors (Lipinski definition) is 2. The first-order valence-corrected chi connectivity index (χ1v) is 6.79. The number of nitrogens with one attached hydrogen (secondary N) is 1. The van der Waals surface area contributed by atoms with E-state index in [1.807, 2.05) is 17.0 Å². The fourth-order valence-corrected chi connectivity index (χ4v) is 2.24. The Kier molecular flexibility index (Phi) is 3.57. The van der Waals surface area contributed by atoms with Crippen LogP contribution in [0.4, 0.5) is 11.8 Å². The largest absolute Gasteiger partial charge is 0.366 e. The number of aromatic nitrogens is 3. The molecule has 0 aliphatic carbocycles. The van der Waals surface area contributed by atoms with E-state index in [1.54, 1.807) is 12.1 Å². The van der Waals surface area contributed by atoms with Crippen molar-refractivity contribution in [1.82, 2.24) is 20.5 Å². The summed E-state index contributed by atoms with van der Waals surface area (Å²) < 4.78 is 0. The quantitative estimate of drug-likeness (QED) is 0.861. The van der Waals surface area contributed by atoms with Gasteiger partial charge in [0.1, 0.15) is 5.69 Å².